The zero-order chi connectivity index (χ0) is 13.2. The Morgan fingerprint density at radius 3 is 2.72 bits per heavy atom. The van der Waals surface area contributed by atoms with Crippen LogP contribution in [-0.4, -0.2) is 48.3 Å². The van der Waals surface area contributed by atoms with Crippen LogP contribution in [-0.2, 0) is 4.74 Å². The molecule has 0 aromatic rings. The van der Waals surface area contributed by atoms with Crippen molar-refractivity contribution in [3.05, 3.63) is 0 Å². The molecule has 3 N–H and O–H groups in total. The third-order valence-corrected chi connectivity index (χ3v) is 3.71. The molecule has 1 heterocycles. The van der Waals surface area contributed by atoms with Crippen molar-refractivity contribution < 1.29 is 9.53 Å². The summed E-state index contributed by atoms with van der Waals surface area (Å²) in [5.74, 6) is 0. The molecule has 1 atom stereocenters. The Balaban J connectivity index is 1.91. The van der Waals surface area contributed by atoms with E-state index in [1.165, 1.54) is 12.8 Å². The zero-order valence-corrected chi connectivity index (χ0v) is 11.4. The molecular weight excluding hydrogens is 230 g/mol. The maximum atomic E-state index is 12.2. The fourth-order valence-electron chi connectivity index (χ4n) is 2.91. The molecule has 1 saturated heterocycles. The first-order valence-electron chi connectivity index (χ1n) is 6.93. The lowest BCUT2D eigenvalue weighted by atomic mass is 10.1. The summed E-state index contributed by atoms with van der Waals surface area (Å²) in [4.78, 5) is 14.1. The van der Waals surface area contributed by atoms with Crippen LogP contribution in [0.15, 0.2) is 0 Å². The van der Waals surface area contributed by atoms with Crippen molar-refractivity contribution in [3.8, 4) is 0 Å². The standard InChI is InChI=1S/C13H25N3O2/c1-13(2)9-16(8-11(7-14)18-13)12(17)15-10-5-3-4-6-10/h10-11H,3-9,14H2,1-2H3,(H,15,17). The normalized spacial score (nSPS) is 28.4. The van der Waals surface area contributed by atoms with Crippen molar-refractivity contribution in [1.29, 1.82) is 0 Å². The van der Waals surface area contributed by atoms with E-state index in [1.807, 2.05) is 18.7 Å². The summed E-state index contributed by atoms with van der Waals surface area (Å²) < 4.78 is 5.83. The van der Waals surface area contributed by atoms with Crippen molar-refractivity contribution in [2.75, 3.05) is 19.6 Å². The highest BCUT2D eigenvalue weighted by molar-refractivity contribution is 5.74. The van der Waals surface area contributed by atoms with Crippen molar-refractivity contribution in [2.45, 2.75) is 57.3 Å². The van der Waals surface area contributed by atoms with Gasteiger partial charge in [-0.25, -0.2) is 4.79 Å². The summed E-state index contributed by atoms with van der Waals surface area (Å²) in [7, 11) is 0. The van der Waals surface area contributed by atoms with Crippen LogP contribution in [0, 0.1) is 0 Å². The van der Waals surface area contributed by atoms with Crippen LogP contribution < -0.4 is 11.1 Å². The fourth-order valence-corrected chi connectivity index (χ4v) is 2.91. The van der Waals surface area contributed by atoms with Gasteiger partial charge in [-0.15, -0.1) is 0 Å². The molecule has 2 amide bonds. The van der Waals surface area contributed by atoms with Crippen LogP contribution >= 0.6 is 0 Å². The van der Waals surface area contributed by atoms with Crippen LogP contribution in [0.5, 0.6) is 0 Å². The largest absolute Gasteiger partial charge is 0.367 e. The third kappa shape index (κ3) is 3.36. The first-order chi connectivity index (χ1) is 8.50. The summed E-state index contributed by atoms with van der Waals surface area (Å²) in [5, 5.41) is 3.12. The van der Waals surface area contributed by atoms with Gasteiger partial charge >= 0.3 is 6.03 Å². The zero-order valence-electron chi connectivity index (χ0n) is 11.4. The van der Waals surface area contributed by atoms with Crippen LogP contribution in [0.25, 0.3) is 0 Å². The molecule has 0 aromatic heterocycles. The first-order valence-corrected chi connectivity index (χ1v) is 6.93. The molecule has 1 unspecified atom stereocenters. The Hall–Kier alpha value is -0.810. The number of nitrogens with zero attached hydrogens (tertiary/aromatic N) is 1. The molecule has 1 aliphatic carbocycles. The van der Waals surface area contributed by atoms with E-state index in [4.69, 9.17) is 10.5 Å². The quantitative estimate of drug-likeness (QED) is 0.776. The van der Waals surface area contributed by atoms with Gasteiger partial charge in [-0.3, -0.25) is 0 Å². The second kappa shape index (κ2) is 5.45. The summed E-state index contributed by atoms with van der Waals surface area (Å²) in [6, 6.07) is 0.400. The van der Waals surface area contributed by atoms with E-state index in [2.05, 4.69) is 5.32 Å². The minimum Gasteiger partial charge on any atom is -0.367 e. The van der Waals surface area contributed by atoms with E-state index in [9.17, 15) is 4.79 Å². The van der Waals surface area contributed by atoms with Gasteiger partial charge in [0.05, 0.1) is 18.2 Å². The highest BCUT2D eigenvalue weighted by atomic mass is 16.5. The Morgan fingerprint density at radius 2 is 2.11 bits per heavy atom. The summed E-state index contributed by atoms with van der Waals surface area (Å²) in [5.41, 5.74) is 5.36. The monoisotopic (exact) mass is 255 g/mol. The smallest absolute Gasteiger partial charge is 0.317 e. The minimum absolute atomic E-state index is 0.0386. The van der Waals surface area contributed by atoms with Gasteiger partial charge in [0.1, 0.15) is 0 Å². The second-order valence-corrected chi connectivity index (χ2v) is 6.05. The van der Waals surface area contributed by atoms with E-state index >= 15 is 0 Å². The average molecular weight is 255 g/mol. The van der Waals surface area contributed by atoms with Gasteiger partial charge in [0.2, 0.25) is 0 Å². The van der Waals surface area contributed by atoms with Crippen LogP contribution in [0.3, 0.4) is 0 Å². The number of amides is 2. The van der Waals surface area contributed by atoms with Gasteiger partial charge in [0, 0.05) is 19.1 Å². The molecule has 18 heavy (non-hydrogen) atoms. The van der Waals surface area contributed by atoms with Gasteiger partial charge < -0.3 is 20.7 Å². The first kappa shape index (κ1) is 13.6. The van der Waals surface area contributed by atoms with Gasteiger partial charge in [-0.1, -0.05) is 12.8 Å². The Morgan fingerprint density at radius 1 is 1.44 bits per heavy atom. The number of nitrogens with one attached hydrogen (secondary N) is 1. The SMILES string of the molecule is CC1(C)CN(C(=O)NC2CCCC2)CC(CN)O1. The maximum absolute atomic E-state index is 12.2. The van der Waals surface area contributed by atoms with Crippen molar-refractivity contribution >= 4 is 6.03 Å². The van der Waals surface area contributed by atoms with E-state index in [-0.39, 0.29) is 17.7 Å². The van der Waals surface area contributed by atoms with Crippen molar-refractivity contribution in [2.24, 2.45) is 5.73 Å². The highest BCUT2D eigenvalue weighted by Crippen LogP contribution is 2.22. The molecule has 104 valence electrons. The van der Waals surface area contributed by atoms with Gasteiger partial charge in [0.25, 0.3) is 0 Å². The second-order valence-electron chi connectivity index (χ2n) is 6.05. The number of nitrogens with two attached hydrogens (primary N) is 1. The van der Waals surface area contributed by atoms with E-state index < -0.39 is 0 Å². The van der Waals surface area contributed by atoms with Gasteiger partial charge in [0.15, 0.2) is 0 Å². The highest BCUT2D eigenvalue weighted by Gasteiger charge is 2.35. The molecule has 2 fully saturated rings. The number of rotatable bonds is 2. The lowest BCUT2D eigenvalue weighted by Gasteiger charge is -2.42. The van der Waals surface area contributed by atoms with Crippen molar-refractivity contribution in [3.63, 3.8) is 0 Å². The molecule has 1 saturated carbocycles. The van der Waals surface area contributed by atoms with Crippen LogP contribution in [0.2, 0.25) is 0 Å². The number of hydrogen-bond acceptors (Lipinski definition) is 3. The predicted molar refractivity (Wildman–Crippen MR) is 70.4 cm³/mol. The number of morpholine rings is 1. The maximum Gasteiger partial charge on any atom is 0.317 e. The summed E-state index contributed by atoms with van der Waals surface area (Å²) >= 11 is 0. The van der Waals surface area contributed by atoms with Gasteiger partial charge in [-0.2, -0.15) is 0 Å². The Kier molecular flexibility index (Phi) is 4.12. The van der Waals surface area contributed by atoms with E-state index in [0.717, 1.165) is 12.8 Å². The van der Waals surface area contributed by atoms with E-state index in [1.54, 1.807) is 0 Å². The molecule has 5 heteroatoms. The number of urea groups is 1. The van der Waals surface area contributed by atoms with Crippen LogP contribution in [0.4, 0.5) is 4.79 Å². The molecule has 1 aliphatic heterocycles. The predicted octanol–water partition coefficient (Wildman–Crippen LogP) is 1.08. The minimum atomic E-state index is -0.310. The molecular formula is C13H25N3O2. The van der Waals surface area contributed by atoms with Crippen molar-refractivity contribution in [1.82, 2.24) is 10.2 Å². The average Bonchev–Trinajstić information content (AvgIpc) is 2.79. The number of hydrogen-bond donors (Lipinski definition) is 2. The number of ether oxygens (including phenoxy) is 1. The molecule has 0 bridgehead atoms. The van der Waals surface area contributed by atoms with E-state index in [0.29, 0.717) is 25.7 Å². The third-order valence-electron chi connectivity index (χ3n) is 3.71. The lowest BCUT2D eigenvalue weighted by Crippen LogP contribution is -2.59. The Bertz CT molecular complexity index is 301. The van der Waals surface area contributed by atoms with Crippen LogP contribution in [0.1, 0.15) is 39.5 Å². The molecule has 0 aromatic carbocycles. The molecule has 0 radical (unpaired) electrons. The molecule has 2 rings (SSSR count). The molecule has 2 aliphatic rings. The Labute approximate surface area is 109 Å². The summed E-state index contributed by atoms with van der Waals surface area (Å²) in [6.07, 6.45) is 4.62. The fraction of sp³-hybridized carbons (Fsp3) is 0.923. The van der Waals surface area contributed by atoms with Gasteiger partial charge in [-0.05, 0) is 26.7 Å². The number of carbonyl (C=O) groups excluding carboxylic acids is 1. The molecule has 0 spiro atoms. The topological polar surface area (TPSA) is 67.6 Å². The number of carbonyl (C=O) groups is 1. The lowest BCUT2D eigenvalue weighted by molar-refractivity contribution is -0.120. The molecule has 5 nitrogen and oxygen atoms in total. The summed E-state index contributed by atoms with van der Waals surface area (Å²) in [6.45, 7) is 5.69.